The molecule has 1 N–H and O–H groups in total. The van der Waals surface area contributed by atoms with Gasteiger partial charge in [0.1, 0.15) is 11.4 Å². The minimum absolute atomic E-state index is 0.226. The van der Waals surface area contributed by atoms with Crippen molar-refractivity contribution in [3.8, 4) is 17.1 Å². The van der Waals surface area contributed by atoms with Crippen LogP contribution in [0, 0.1) is 6.92 Å². The second kappa shape index (κ2) is 10.00. The van der Waals surface area contributed by atoms with Gasteiger partial charge < -0.3 is 10.1 Å². The van der Waals surface area contributed by atoms with E-state index in [1.165, 1.54) is 22.5 Å². The molecule has 2 aromatic carbocycles. The van der Waals surface area contributed by atoms with Gasteiger partial charge in [0, 0.05) is 29.8 Å². The maximum Gasteiger partial charge on any atom is 0.311 e. The summed E-state index contributed by atoms with van der Waals surface area (Å²) in [5.74, 6) is 0.294. The fourth-order valence-corrected chi connectivity index (χ4v) is 3.82. The Morgan fingerprint density at radius 1 is 1.03 bits per heavy atom. The molecule has 0 aliphatic carbocycles. The van der Waals surface area contributed by atoms with Crippen LogP contribution in [-0.2, 0) is 11.2 Å². The number of aryl methyl sites for hydroxylation is 2. The van der Waals surface area contributed by atoms with Crippen LogP contribution in [0.5, 0.6) is 5.75 Å². The molecule has 4 aromatic rings. The Labute approximate surface area is 185 Å². The topological polar surface area (TPSA) is 64.1 Å². The first-order valence-corrected chi connectivity index (χ1v) is 11.0. The van der Waals surface area contributed by atoms with Gasteiger partial charge in [-0.15, -0.1) is 11.3 Å². The molecule has 0 aliphatic rings. The van der Waals surface area contributed by atoms with E-state index in [9.17, 15) is 4.79 Å². The van der Waals surface area contributed by atoms with Gasteiger partial charge in [-0.05, 0) is 49.6 Å². The van der Waals surface area contributed by atoms with E-state index in [1.54, 1.807) is 18.3 Å². The first-order chi connectivity index (χ1) is 15.2. The zero-order valence-corrected chi connectivity index (χ0v) is 18.1. The molecular weight excluding hydrogens is 406 g/mol. The summed E-state index contributed by atoms with van der Waals surface area (Å²) >= 11 is 1.50. The molecule has 31 heavy (non-hydrogen) atoms. The molecule has 0 radical (unpaired) electrons. The second-order valence-electron chi connectivity index (χ2n) is 7.22. The maximum absolute atomic E-state index is 12.2. The van der Waals surface area contributed by atoms with Gasteiger partial charge in [-0.2, -0.15) is 0 Å². The summed E-state index contributed by atoms with van der Waals surface area (Å²) in [6.45, 7) is 2.07. The highest BCUT2D eigenvalue weighted by Gasteiger charge is 2.08. The zero-order valence-electron chi connectivity index (χ0n) is 17.2. The molecule has 0 saturated heterocycles. The molecule has 2 aromatic heterocycles. The smallest absolute Gasteiger partial charge is 0.311 e. The number of carbonyl (C=O) groups excluding carboxylic acids is 1. The minimum atomic E-state index is -0.226. The van der Waals surface area contributed by atoms with E-state index in [4.69, 9.17) is 4.74 Å². The SMILES string of the molecule is Cc1ccc(CCCC(=O)Oc2cccc(Nc3nc(-c4ccccn4)cs3)c2)cc1. The number of nitrogens with zero attached hydrogens (tertiary/aromatic N) is 2. The minimum Gasteiger partial charge on any atom is -0.426 e. The van der Waals surface area contributed by atoms with Crippen molar-refractivity contribution in [1.29, 1.82) is 0 Å². The summed E-state index contributed by atoms with van der Waals surface area (Å²) < 4.78 is 5.52. The third kappa shape index (κ3) is 5.99. The summed E-state index contributed by atoms with van der Waals surface area (Å²) in [4.78, 5) is 21.1. The molecule has 0 spiro atoms. The van der Waals surface area contributed by atoms with E-state index in [1.807, 2.05) is 35.7 Å². The van der Waals surface area contributed by atoms with Crippen molar-refractivity contribution in [2.75, 3.05) is 5.32 Å². The Kier molecular flexibility index (Phi) is 6.69. The van der Waals surface area contributed by atoms with Crippen LogP contribution in [-0.4, -0.2) is 15.9 Å². The molecule has 0 unspecified atom stereocenters. The molecule has 156 valence electrons. The van der Waals surface area contributed by atoms with E-state index >= 15 is 0 Å². The third-order valence-corrected chi connectivity index (χ3v) is 5.47. The Morgan fingerprint density at radius 2 is 1.90 bits per heavy atom. The van der Waals surface area contributed by atoms with Crippen molar-refractivity contribution < 1.29 is 9.53 Å². The number of ether oxygens (including phenoxy) is 1. The van der Waals surface area contributed by atoms with Gasteiger partial charge in [-0.25, -0.2) is 4.98 Å². The van der Waals surface area contributed by atoms with Gasteiger partial charge in [0.2, 0.25) is 0 Å². The van der Waals surface area contributed by atoms with E-state index in [-0.39, 0.29) is 5.97 Å². The van der Waals surface area contributed by atoms with Gasteiger partial charge in [0.15, 0.2) is 5.13 Å². The normalized spacial score (nSPS) is 10.6. The summed E-state index contributed by atoms with van der Waals surface area (Å²) in [7, 11) is 0. The van der Waals surface area contributed by atoms with E-state index < -0.39 is 0 Å². The van der Waals surface area contributed by atoms with Crippen molar-refractivity contribution in [2.45, 2.75) is 26.2 Å². The Bertz CT molecular complexity index is 1140. The molecule has 0 bridgehead atoms. The standard InChI is InChI=1S/C25H23N3O2S/c1-18-11-13-19(14-12-18)6-4-10-24(29)30-21-8-5-7-20(16-21)27-25-28-23(17-31-25)22-9-2-3-15-26-22/h2-3,5,7-9,11-17H,4,6,10H2,1H3,(H,27,28). The molecule has 2 heterocycles. The van der Waals surface area contributed by atoms with Crippen molar-refractivity contribution in [3.05, 3.63) is 89.4 Å². The van der Waals surface area contributed by atoms with Gasteiger partial charge >= 0.3 is 5.97 Å². The highest BCUT2D eigenvalue weighted by Crippen LogP contribution is 2.27. The summed E-state index contributed by atoms with van der Waals surface area (Å²) in [6.07, 6.45) is 3.75. The Balaban J connectivity index is 1.30. The number of carbonyl (C=O) groups is 1. The van der Waals surface area contributed by atoms with Crippen LogP contribution >= 0.6 is 11.3 Å². The molecule has 0 aliphatic heterocycles. The average Bonchev–Trinajstić information content (AvgIpc) is 3.24. The van der Waals surface area contributed by atoms with Crippen LogP contribution in [0.4, 0.5) is 10.8 Å². The number of aromatic nitrogens is 2. The molecule has 0 atom stereocenters. The molecule has 4 rings (SSSR count). The van der Waals surface area contributed by atoms with Crippen molar-refractivity contribution in [3.63, 3.8) is 0 Å². The molecule has 5 nitrogen and oxygen atoms in total. The van der Waals surface area contributed by atoms with E-state index in [0.29, 0.717) is 12.2 Å². The Morgan fingerprint density at radius 3 is 2.71 bits per heavy atom. The summed E-state index contributed by atoms with van der Waals surface area (Å²) in [5.41, 5.74) is 4.94. The summed E-state index contributed by atoms with van der Waals surface area (Å²) in [6, 6.07) is 21.5. The number of anilines is 2. The highest BCUT2D eigenvalue weighted by atomic mass is 32.1. The number of esters is 1. The lowest BCUT2D eigenvalue weighted by Crippen LogP contribution is -2.08. The fraction of sp³-hybridized carbons (Fsp3) is 0.160. The maximum atomic E-state index is 12.2. The number of thiazole rings is 1. The Hall–Kier alpha value is -3.51. The highest BCUT2D eigenvalue weighted by molar-refractivity contribution is 7.14. The van der Waals surface area contributed by atoms with Crippen molar-refractivity contribution >= 4 is 28.1 Å². The van der Waals surface area contributed by atoms with E-state index in [2.05, 4.69) is 46.5 Å². The fourth-order valence-electron chi connectivity index (χ4n) is 3.10. The molecular formula is C25H23N3O2S. The first-order valence-electron chi connectivity index (χ1n) is 10.2. The number of hydrogen-bond acceptors (Lipinski definition) is 6. The molecule has 6 heteroatoms. The van der Waals surface area contributed by atoms with Gasteiger partial charge in [0.05, 0.1) is 5.69 Å². The van der Waals surface area contributed by atoms with Crippen molar-refractivity contribution in [1.82, 2.24) is 9.97 Å². The molecule has 0 fully saturated rings. The lowest BCUT2D eigenvalue weighted by molar-refractivity contribution is -0.134. The number of pyridine rings is 1. The van der Waals surface area contributed by atoms with Gasteiger partial charge in [-0.3, -0.25) is 9.78 Å². The largest absolute Gasteiger partial charge is 0.426 e. The number of nitrogens with one attached hydrogen (secondary N) is 1. The van der Waals surface area contributed by atoms with Crippen LogP contribution in [0.2, 0.25) is 0 Å². The zero-order chi connectivity index (χ0) is 21.5. The molecule has 0 amide bonds. The third-order valence-electron chi connectivity index (χ3n) is 4.72. The lowest BCUT2D eigenvalue weighted by atomic mass is 10.1. The predicted octanol–water partition coefficient (Wildman–Crippen LogP) is 6.19. The number of rotatable bonds is 8. The average molecular weight is 430 g/mol. The van der Waals surface area contributed by atoms with Crippen LogP contribution in [0.3, 0.4) is 0 Å². The van der Waals surface area contributed by atoms with Crippen LogP contribution in [0.15, 0.2) is 78.3 Å². The molecule has 0 saturated carbocycles. The van der Waals surface area contributed by atoms with E-state index in [0.717, 1.165) is 35.0 Å². The van der Waals surface area contributed by atoms with Gasteiger partial charge in [-0.1, -0.05) is 42.0 Å². The first kappa shape index (κ1) is 20.8. The lowest BCUT2D eigenvalue weighted by Gasteiger charge is -2.07. The predicted molar refractivity (Wildman–Crippen MR) is 125 cm³/mol. The summed E-state index contributed by atoms with van der Waals surface area (Å²) in [5, 5.41) is 5.98. The van der Waals surface area contributed by atoms with Crippen LogP contribution < -0.4 is 10.1 Å². The van der Waals surface area contributed by atoms with Crippen LogP contribution in [0.1, 0.15) is 24.0 Å². The monoisotopic (exact) mass is 429 g/mol. The quantitative estimate of drug-likeness (QED) is 0.267. The van der Waals surface area contributed by atoms with Crippen LogP contribution in [0.25, 0.3) is 11.4 Å². The van der Waals surface area contributed by atoms with Crippen molar-refractivity contribution in [2.24, 2.45) is 0 Å². The number of hydrogen-bond donors (Lipinski definition) is 1. The second-order valence-corrected chi connectivity index (χ2v) is 8.08. The van der Waals surface area contributed by atoms with Gasteiger partial charge in [0.25, 0.3) is 0 Å². The number of benzene rings is 2.